The molecular formula is C21H21ClN4O3. The summed E-state index contributed by atoms with van der Waals surface area (Å²) in [4.78, 5) is 23.8. The molecule has 7 nitrogen and oxygen atoms in total. The monoisotopic (exact) mass is 412 g/mol. The number of morpholine rings is 1. The summed E-state index contributed by atoms with van der Waals surface area (Å²) in [7, 11) is 0. The maximum absolute atomic E-state index is 12.8. The number of hydrogen-bond donors (Lipinski definition) is 1. The van der Waals surface area contributed by atoms with Gasteiger partial charge in [-0.3, -0.25) is 4.79 Å². The normalized spacial score (nSPS) is 14.1. The van der Waals surface area contributed by atoms with Crippen LogP contribution in [0.5, 0.6) is 0 Å². The molecule has 8 heteroatoms. The predicted molar refractivity (Wildman–Crippen MR) is 112 cm³/mol. The van der Waals surface area contributed by atoms with Crippen LogP contribution in [0, 0.1) is 0 Å². The van der Waals surface area contributed by atoms with Crippen LogP contribution in [-0.2, 0) is 11.2 Å². The third-order valence-corrected chi connectivity index (χ3v) is 5.01. The number of anilines is 2. The van der Waals surface area contributed by atoms with Gasteiger partial charge in [-0.1, -0.05) is 30.7 Å². The van der Waals surface area contributed by atoms with Gasteiger partial charge in [0.05, 0.1) is 35.7 Å². The summed E-state index contributed by atoms with van der Waals surface area (Å²) in [5.74, 6) is 1.36. The van der Waals surface area contributed by atoms with Crippen molar-refractivity contribution in [3.63, 3.8) is 0 Å². The number of carbonyl (C=O) groups is 1. The second-order valence-corrected chi connectivity index (χ2v) is 6.99. The van der Waals surface area contributed by atoms with E-state index in [0.29, 0.717) is 47.6 Å². The highest BCUT2D eigenvalue weighted by Gasteiger charge is 2.21. The zero-order valence-corrected chi connectivity index (χ0v) is 16.8. The molecule has 0 saturated carbocycles. The number of aromatic nitrogens is 2. The number of hydrogen-bond acceptors (Lipinski definition) is 6. The zero-order chi connectivity index (χ0) is 20.2. The van der Waals surface area contributed by atoms with Gasteiger partial charge in [0.2, 0.25) is 5.89 Å². The van der Waals surface area contributed by atoms with Gasteiger partial charge in [-0.05, 0) is 24.3 Å². The molecule has 1 aliphatic rings. The topological polar surface area (TPSA) is 80.5 Å². The zero-order valence-electron chi connectivity index (χ0n) is 16.0. The average molecular weight is 413 g/mol. The fraction of sp³-hybridized carbons (Fsp3) is 0.286. The first-order valence-corrected chi connectivity index (χ1v) is 9.88. The van der Waals surface area contributed by atoms with Gasteiger partial charge in [0.15, 0.2) is 5.69 Å². The number of carbonyl (C=O) groups excluding carboxylic acids is 1. The number of nitrogens with zero attached hydrogens (tertiary/aromatic N) is 3. The number of pyridine rings is 1. The fourth-order valence-electron chi connectivity index (χ4n) is 3.15. The Morgan fingerprint density at radius 1 is 1.21 bits per heavy atom. The van der Waals surface area contributed by atoms with Crippen molar-refractivity contribution in [2.24, 2.45) is 0 Å². The van der Waals surface area contributed by atoms with Gasteiger partial charge in [-0.25, -0.2) is 9.97 Å². The lowest BCUT2D eigenvalue weighted by Gasteiger charge is -2.27. The number of ether oxygens (including phenoxy) is 1. The molecule has 1 saturated heterocycles. The molecule has 3 heterocycles. The minimum absolute atomic E-state index is 0.250. The van der Waals surface area contributed by atoms with Crippen molar-refractivity contribution in [2.45, 2.75) is 13.3 Å². The SMILES string of the molecule is CCc1oc(-c2ccccc2Cl)nc1C(=O)Nc1ccc(N2CCOCC2)nc1. The quantitative estimate of drug-likeness (QED) is 0.681. The largest absolute Gasteiger partial charge is 0.440 e. The van der Waals surface area contributed by atoms with Crippen molar-refractivity contribution < 1.29 is 13.9 Å². The lowest BCUT2D eigenvalue weighted by atomic mass is 10.2. The Balaban J connectivity index is 1.51. The Morgan fingerprint density at radius 3 is 2.69 bits per heavy atom. The van der Waals surface area contributed by atoms with E-state index in [1.54, 1.807) is 12.3 Å². The molecule has 1 aromatic carbocycles. The van der Waals surface area contributed by atoms with Crippen LogP contribution in [0.4, 0.5) is 11.5 Å². The lowest BCUT2D eigenvalue weighted by molar-refractivity contribution is 0.102. The molecule has 0 radical (unpaired) electrons. The molecule has 1 amide bonds. The minimum Gasteiger partial charge on any atom is -0.440 e. The molecule has 1 aliphatic heterocycles. The van der Waals surface area contributed by atoms with Crippen LogP contribution in [-0.4, -0.2) is 42.2 Å². The highest BCUT2D eigenvalue weighted by Crippen LogP contribution is 2.29. The summed E-state index contributed by atoms with van der Waals surface area (Å²) >= 11 is 6.23. The Labute approximate surface area is 173 Å². The van der Waals surface area contributed by atoms with E-state index in [9.17, 15) is 4.79 Å². The molecule has 150 valence electrons. The van der Waals surface area contributed by atoms with Crippen LogP contribution < -0.4 is 10.2 Å². The predicted octanol–water partition coefficient (Wildman–Crippen LogP) is 4.04. The van der Waals surface area contributed by atoms with Crippen molar-refractivity contribution in [1.29, 1.82) is 0 Å². The molecule has 3 aromatic rings. The summed E-state index contributed by atoms with van der Waals surface area (Å²) < 4.78 is 11.2. The highest BCUT2D eigenvalue weighted by molar-refractivity contribution is 6.33. The molecule has 0 spiro atoms. The standard InChI is InChI=1S/C21H21ClN4O3/c1-2-17-19(25-21(29-17)15-5-3-4-6-16(15)22)20(27)24-14-7-8-18(23-13-14)26-9-11-28-12-10-26/h3-8,13H,2,9-12H2,1H3,(H,24,27). The number of halogens is 1. The summed E-state index contributed by atoms with van der Waals surface area (Å²) in [5.41, 5.74) is 1.50. The second-order valence-electron chi connectivity index (χ2n) is 6.58. The number of aryl methyl sites for hydroxylation is 1. The number of amides is 1. The Kier molecular flexibility index (Phi) is 5.78. The van der Waals surface area contributed by atoms with Crippen molar-refractivity contribution in [1.82, 2.24) is 9.97 Å². The van der Waals surface area contributed by atoms with Crippen LogP contribution in [0.3, 0.4) is 0 Å². The maximum atomic E-state index is 12.8. The fourth-order valence-corrected chi connectivity index (χ4v) is 3.36. The smallest absolute Gasteiger partial charge is 0.277 e. The van der Waals surface area contributed by atoms with Gasteiger partial charge in [0.1, 0.15) is 11.6 Å². The molecule has 1 fully saturated rings. The minimum atomic E-state index is -0.343. The summed E-state index contributed by atoms with van der Waals surface area (Å²) in [6.45, 7) is 4.91. The average Bonchev–Trinajstić information content (AvgIpc) is 3.20. The van der Waals surface area contributed by atoms with E-state index in [0.717, 1.165) is 18.9 Å². The van der Waals surface area contributed by atoms with Gasteiger partial charge in [0.25, 0.3) is 5.91 Å². The van der Waals surface area contributed by atoms with Crippen LogP contribution in [0.15, 0.2) is 47.0 Å². The maximum Gasteiger partial charge on any atom is 0.277 e. The van der Waals surface area contributed by atoms with Gasteiger partial charge >= 0.3 is 0 Å². The molecule has 0 atom stereocenters. The van der Waals surface area contributed by atoms with E-state index in [1.807, 2.05) is 37.3 Å². The number of oxazole rings is 1. The van der Waals surface area contributed by atoms with E-state index in [1.165, 1.54) is 0 Å². The number of benzene rings is 1. The molecule has 2 aromatic heterocycles. The van der Waals surface area contributed by atoms with Gasteiger partial charge in [0, 0.05) is 19.5 Å². The molecule has 0 bridgehead atoms. The van der Waals surface area contributed by atoms with E-state index in [-0.39, 0.29) is 11.6 Å². The van der Waals surface area contributed by atoms with E-state index < -0.39 is 0 Å². The molecule has 4 rings (SSSR count). The van der Waals surface area contributed by atoms with Crippen molar-refractivity contribution in [2.75, 3.05) is 36.5 Å². The third kappa shape index (κ3) is 4.26. The van der Waals surface area contributed by atoms with E-state index in [2.05, 4.69) is 20.2 Å². The lowest BCUT2D eigenvalue weighted by Crippen LogP contribution is -2.36. The van der Waals surface area contributed by atoms with E-state index >= 15 is 0 Å². The Bertz CT molecular complexity index is 997. The van der Waals surface area contributed by atoms with Gasteiger partial charge < -0.3 is 19.4 Å². The Morgan fingerprint density at radius 2 is 2.00 bits per heavy atom. The molecule has 0 unspecified atom stereocenters. The second kappa shape index (κ2) is 8.63. The van der Waals surface area contributed by atoms with Crippen LogP contribution in [0.25, 0.3) is 11.5 Å². The van der Waals surface area contributed by atoms with Crippen LogP contribution in [0.2, 0.25) is 5.02 Å². The number of nitrogens with one attached hydrogen (secondary N) is 1. The first-order chi connectivity index (χ1) is 14.2. The Hall–Kier alpha value is -2.90. The molecule has 29 heavy (non-hydrogen) atoms. The van der Waals surface area contributed by atoms with Gasteiger partial charge in [-0.15, -0.1) is 0 Å². The van der Waals surface area contributed by atoms with Crippen molar-refractivity contribution >= 4 is 29.0 Å². The summed E-state index contributed by atoms with van der Waals surface area (Å²) in [5, 5.41) is 3.36. The van der Waals surface area contributed by atoms with E-state index in [4.69, 9.17) is 20.8 Å². The third-order valence-electron chi connectivity index (χ3n) is 4.68. The van der Waals surface area contributed by atoms with Crippen LogP contribution >= 0.6 is 11.6 Å². The first-order valence-electron chi connectivity index (χ1n) is 9.50. The first kappa shape index (κ1) is 19.4. The van der Waals surface area contributed by atoms with Crippen molar-refractivity contribution in [3.05, 3.63) is 59.1 Å². The van der Waals surface area contributed by atoms with Gasteiger partial charge in [-0.2, -0.15) is 0 Å². The van der Waals surface area contributed by atoms with Crippen molar-refractivity contribution in [3.8, 4) is 11.5 Å². The summed E-state index contributed by atoms with van der Waals surface area (Å²) in [6.07, 6.45) is 2.18. The molecule has 1 N–H and O–H groups in total. The highest BCUT2D eigenvalue weighted by atomic mass is 35.5. The summed E-state index contributed by atoms with van der Waals surface area (Å²) in [6, 6.07) is 11.0. The molecule has 0 aliphatic carbocycles. The number of rotatable bonds is 5. The molecular weight excluding hydrogens is 392 g/mol. The van der Waals surface area contributed by atoms with Crippen LogP contribution in [0.1, 0.15) is 23.2 Å².